The van der Waals surface area contributed by atoms with Gasteiger partial charge in [-0.25, -0.2) is 0 Å². The molecule has 0 aliphatic heterocycles. The van der Waals surface area contributed by atoms with Crippen LogP contribution in [0, 0.1) is 17.8 Å². The largest absolute Gasteiger partial charge is 0.481 e. The monoisotopic (exact) mass is 253 g/mol. The van der Waals surface area contributed by atoms with E-state index in [0.29, 0.717) is 12.1 Å². The molecule has 104 valence electrons. The van der Waals surface area contributed by atoms with Crippen molar-refractivity contribution in [1.82, 2.24) is 5.32 Å². The number of aliphatic carboxylic acids is 1. The van der Waals surface area contributed by atoms with E-state index in [1.807, 2.05) is 0 Å². The smallest absolute Gasteiger partial charge is 0.306 e. The Bertz CT molecular complexity index is 282. The molecule has 18 heavy (non-hydrogen) atoms. The van der Waals surface area contributed by atoms with Crippen LogP contribution >= 0.6 is 0 Å². The van der Waals surface area contributed by atoms with Crippen LogP contribution in [-0.2, 0) is 4.79 Å². The lowest BCUT2D eigenvalue weighted by Crippen LogP contribution is -2.49. The van der Waals surface area contributed by atoms with E-state index in [4.69, 9.17) is 5.11 Å². The van der Waals surface area contributed by atoms with Gasteiger partial charge in [-0.1, -0.05) is 26.7 Å². The Morgan fingerprint density at radius 1 is 1.06 bits per heavy atom. The first-order valence-corrected chi connectivity index (χ1v) is 7.56. The van der Waals surface area contributed by atoms with E-state index in [1.54, 1.807) is 0 Å². The molecule has 0 radical (unpaired) electrons. The molecule has 2 aliphatic rings. The fourth-order valence-corrected chi connectivity index (χ4v) is 3.85. The van der Waals surface area contributed by atoms with Gasteiger partial charge in [0.1, 0.15) is 0 Å². The summed E-state index contributed by atoms with van der Waals surface area (Å²) < 4.78 is 0. The Balaban J connectivity index is 1.89. The number of nitrogens with one attached hydrogen (secondary N) is 1. The number of carboxylic acid groups (broad SMARTS) is 1. The van der Waals surface area contributed by atoms with Crippen molar-refractivity contribution in [2.24, 2.45) is 17.8 Å². The second-order valence-electron chi connectivity index (χ2n) is 6.48. The second kappa shape index (κ2) is 6.05. The zero-order valence-corrected chi connectivity index (χ0v) is 11.7. The summed E-state index contributed by atoms with van der Waals surface area (Å²) in [5, 5.41) is 12.9. The fraction of sp³-hybridized carbons (Fsp3) is 0.933. The van der Waals surface area contributed by atoms with E-state index in [-0.39, 0.29) is 5.92 Å². The number of hydrogen-bond donors (Lipinski definition) is 2. The fourth-order valence-electron chi connectivity index (χ4n) is 3.85. The molecule has 3 heteroatoms. The number of carbonyl (C=O) groups is 1. The molecule has 2 saturated carbocycles. The standard InChI is InChI=1S/C15H27NO2/c1-10-5-3-6-11(2)14(10)16-13-8-4-7-12(9-13)15(17)18/h10-14,16H,3-9H2,1-2H3,(H,17,18). The summed E-state index contributed by atoms with van der Waals surface area (Å²) in [6.07, 6.45) is 7.88. The minimum Gasteiger partial charge on any atom is -0.481 e. The maximum Gasteiger partial charge on any atom is 0.306 e. The van der Waals surface area contributed by atoms with Crippen LogP contribution in [0.15, 0.2) is 0 Å². The summed E-state index contributed by atoms with van der Waals surface area (Å²) in [5.41, 5.74) is 0. The highest BCUT2D eigenvalue weighted by Gasteiger charge is 2.32. The molecule has 0 spiro atoms. The van der Waals surface area contributed by atoms with E-state index in [9.17, 15) is 4.79 Å². The molecular formula is C15H27NO2. The Kier molecular flexibility index (Phi) is 4.66. The third kappa shape index (κ3) is 3.25. The second-order valence-corrected chi connectivity index (χ2v) is 6.48. The molecule has 4 atom stereocenters. The third-order valence-electron chi connectivity index (χ3n) is 5.00. The SMILES string of the molecule is CC1CCCC(C)C1NC1CCCC(C(=O)O)C1. The lowest BCUT2D eigenvalue weighted by molar-refractivity contribution is -0.143. The molecule has 0 heterocycles. The predicted octanol–water partition coefficient (Wildman–Crippen LogP) is 3.04. The average Bonchev–Trinajstić information content (AvgIpc) is 2.34. The van der Waals surface area contributed by atoms with Gasteiger partial charge in [0, 0.05) is 12.1 Å². The number of rotatable bonds is 3. The first-order valence-electron chi connectivity index (χ1n) is 7.56. The zero-order valence-electron chi connectivity index (χ0n) is 11.7. The van der Waals surface area contributed by atoms with Gasteiger partial charge in [-0.3, -0.25) is 4.79 Å². The Morgan fingerprint density at radius 2 is 1.67 bits per heavy atom. The van der Waals surface area contributed by atoms with Gasteiger partial charge in [0.05, 0.1) is 5.92 Å². The molecule has 0 amide bonds. The molecule has 2 rings (SSSR count). The topological polar surface area (TPSA) is 49.3 Å². The molecule has 0 bridgehead atoms. The van der Waals surface area contributed by atoms with Crippen LogP contribution < -0.4 is 5.32 Å². The number of hydrogen-bond acceptors (Lipinski definition) is 2. The van der Waals surface area contributed by atoms with E-state index in [2.05, 4.69) is 19.2 Å². The molecule has 0 aromatic heterocycles. The summed E-state index contributed by atoms with van der Waals surface area (Å²) in [6.45, 7) is 4.68. The van der Waals surface area contributed by atoms with Gasteiger partial charge >= 0.3 is 5.97 Å². The molecule has 3 nitrogen and oxygen atoms in total. The normalized spacial score (nSPS) is 41.6. The molecule has 0 saturated heterocycles. The van der Waals surface area contributed by atoms with Crippen molar-refractivity contribution in [3.63, 3.8) is 0 Å². The van der Waals surface area contributed by atoms with Crippen molar-refractivity contribution in [2.45, 2.75) is 70.9 Å². The van der Waals surface area contributed by atoms with Crippen molar-refractivity contribution >= 4 is 5.97 Å². The van der Waals surface area contributed by atoms with Crippen LogP contribution in [0.5, 0.6) is 0 Å². The van der Waals surface area contributed by atoms with Crippen molar-refractivity contribution in [2.75, 3.05) is 0 Å². The highest BCUT2D eigenvalue weighted by atomic mass is 16.4. The first kappa shape index (κ1) is 13.9. The minimum absolute atomic E-state index is 0.120. The summed E-state index contributed by atoms with van der Waals surface area (Å²) in [5.74, 6) is 0.745. The van der Waals surface area contributed by atoms with Crippen LogP contribution in [0.4, 0.5) is 0 Å². The van der Waals surface area contributed by atoms with Crippen molar-refractivity contribution in [3.05, 3.63) is 0 Å². The highest BCUT2D eigenvalue weighted by molar-refractivity contribution is 5.70. The van der Waals surface area contributed by atoms with Gasteiger partial charge in [0.15, 0.2) is 0 Å². The van der Waals surface area contributed by atoms with E-state index in [0.717, 1.165) is 37.5 Å². The van der Waals surface area contributed by atoms with Gasteiger partial charge in [-0.15, -0.1) is 0 Å². The van der Waals surface area contributed by atoms with Gasteiger partial charge in [-0.2, -0.15) is 0 Å². The minimum atomic E-state index is -0.605. The summed E-state index contributed by atoms with van der Waals surface area (Å²) >= 11 is 0. The maximum atomic E-state index is 11.1. The summed E-state index contributed by atoms with van der Waals surface area (Å²) in [7, 11) is 0. The first-order chi connectivity index (χ1) is 8.58. The average molecular weight is 253 g/mol. The predicted molar refractivity (Wildman–Crippen MR) is 72.5 cm³/mol. The van der Waals surface area contributed by atoms with Crippen molar-refractivity contribution in [1.29, 1.82) is 0 Å². The number of carboxylic acids is 1. The van der Waals surface area contributed by atoms with E-state index >= 15 is 0 Å². The summed E-state index contributed by atoms with van der Waals surface area (Å²) in [6, 6.07) is 1.02. The molecule has 0 aromatic carbocycles. The van der Waals surface area contributed by atoms with Crippen LogP contribution in [-0.4, -0.2) is 23.2 Å². The van der Waals surface area contributed by atoms with Crippen molar-refractivity contribution < 1.29 is 9.90 Å². The van der Waals surface area contributed by atoms with Crippen LogP contribution in [0.3, 0.4) is 0 Å². The lowest BCUT2D eigenvalue weighted by Gasteiger charge is -2.39. The molecule has 0 aromatic rings. The van der Waals surface area contributed by atoms with Gasteiger partial charge < -0.3 is 10.4 Å². The third-order valence-corrected chi connectivity index (χ3v) is 5.00. The maximum absolute atomic E-state index is 11.1. The van der Waals surface area contributed by atoms with Crippen LogP contribution in [0.2, 0.25) is 0 Å². The zero-order chi connectivity index (χ0) is 13.1. The van der Waals surface area contributed by atoms with E-state index in [1.165, 1.54) is 19.3 Å². The molecule has 2 N–H and O–H groups in total. The van der Waals surface area contributed by atoms with Gasteiger partial charge in [0.25, 0.3) is 0 Å². The van der Waals surface area contributed by atoms with Crippen LogP contribution in [0.25, 0.3) is 0 Å². The Morgan fingerprint density at radius 3 is 2.28 bits per heavy atom. The van der Waals surface area contributed by atoms with Gasteiger partial charge in [0.2, 0.25) is 0 Å². The Labute approximate surface area is 110 Å². The van der Waals surface area contributed by atoms with E-state index < -0.39 is 5.97 Å². The van der Waals surface area contributed by atoms with Crippen LogP contribution in [0.1, 0.15) is 58.8 Å². The highest BCUT2D eigenvalue weighted by Crippen LogP contribution is 2.31. The van der Waals surface area contributed by atoms with Gasteiger partial charge in [-0.05, 0) is 43.9 Å². The summed E-state index contributed by atoms with van der Waals surface area (Å²) in [4.78, 5) is 11.1. The van der Waals surface area contributed by atoms with Crippen molar-refractivity contribution in [3.8, 4) is 0 Å². The Hall–Kier alpha value is -0.570. The quantitative estimate of drug-likeness (QED) is 0.812. The molecular weight excluding hydrogens is 226 g/mol. The molecule has 4 unspecified atom stereocenters. The molecule has 2 fully saturated rings. The molecule has 2 aliphatic carbocycles. The lowest BCUT2D eigenvalue weighted by atomic mass is 9.77.